The Labute approximate surface area is 273 Å². The lowest BCUT2D eigenvalue weighted by Gasteiger charge is -2.35. The molecule has 2 aliphatic heterocycles. The topological polar surface area (TPSA) is 116 Å². The van der Waals surface area contributed by atoms with Crippen molar-refractivity contribution >= 4 is 34.1 Å². The molecule has 1 aromatic carbocycles. The largest absolute Gasteiger partial charge is 0.465 e. The number of hydrogen-bond acceptors (Lipinski definition) is 8. The molecule has 252 valence electrons. The maximum absolute atomic E-state index is 13.7. The molecule has 10 nitrogen and oxygen atoms in total. The second-order valence-corrected chi connectivity index (χ2v) is 12.5. The fraction of sp³-hybridized carbons (Fsp3) is 0.576. The smallest absolute Gasteiger partial charge is 0.320 e. The van der Waals surface area contributed by atoms with Crippen LogP contribution in [0.25, 0.3) is 22.9 Å². The minimum Gasteiger partial charge on any atom is -0.465 e. The van der Waals surface area contributed by atoms with E-state index >= 15 is 0 Å². The molecule has 0 bridgehead atoms. The van der Waals surface area contributed by atoms with Crippen LogP contribution in [0.1, 0.15) is 73.1 Å². The van der Waals surface area contributed by atoms with Gasteiger partial charge in [0.05, 0.1) is 6.61 Å². The highest BCUT2D eigenvalue weighted by atomic mass is 32.2. The molecule has 4 heterocycles. The summed E-state index contributed by atoms with van der Waals surface area (Å²) >= 11 is 0. The van der Waals surface area contributed by atoms with Crippen LogP contribution in [0.2, 0.25) is 0 Å². The minimum absolute atomic E-state index is 0.187. The van der Waals surface area contributed by atoms with E-state index in [9.17, 15) is 17.8 Å². The molecule has 13 heteroatoms. The molecular weight excluding hydrogens is 612 g/mol. The molecule has 2 aromatic heterocycles. The van der Waals surface area contributed by atoms with Crippen molar-refractivity contribution in [3.05, 3.63) is 36.4 Å². The minimum atomic E-state index is -2.62. The van der Waals surface area contributed by atoms with Crippen LogP contribution in [-0.2, 0) is 20.5 Å². The molecule has 6 rings (SSSR count). The molecule has 0 radical (unpaired) electrons. The number of alkyl halides is 2. The Kier molecular flexibility index (Phi) is 12.1. The molecular formula is C33H47F2N7O3S. The lowest BCUT2D eigenvalue weighted by Crippen LogP contribution is -2.39. The highest BCUT2D eigenvalue weighted by molar-refractivity contribution is 7.87. The predicted molar refractivity (Wildman–Crippen MR) is 181 cm³/mol. The number of aromatic nitrogens is 4. The third-order valence-corrected chi connectivity index (χ3v) is 9.39. The molecule has 1 aliphatic carbocycles. The zero-order valence-corrected chi connectivity index (χ0v) is 28.4. The Hall–Kier alpha value is -3.61. The lowest BCUT2D eigenvalue weighted by atomic mass is 9.93. The molecule has 3 aromatic rings. The monoisotopic (exact) mass is 659 g/mol. The number of ether oxygens (including phenoxy) is 1. The number of piperidine rings is 2. The number of hydrogen-bond donors (Lipinski definition) is 2. The Morgan fingerprint density at radius 3 is 2.28 bits per heavy atom. The molecule has 46 heavy (non-hydrogen) atoms. The van der Waals surface area contributed by atoms with Crippen LogP contribution in [0.3, 0.4) is 0 Å². The molecule has 2 N–H and O–H groups in total. The first-order chi connectivity index (χ1) is 22.2. The van der Waals surface area contributed by atoms with Crippen LogP contribution >= 0.6 is 0 Å². The molecule has 1 spiro atoms. The van der Waals surface area contributed by atoms with Crippen molar-refractivity contribution in [2.75, 3.05) is 53.1 Å². The van der Waals surface area contributed by atoms with Gasteiger partial charge in [-0.05, 0) is 68.4 Å². The van der Waals surface area contributed by atoms with Gasteiger partial charge in [0.2, 0.25) is 0 Å². The van der Waals surface area contributed by atoms with Gasteiger partial charge in [0.1, 0.15) is 28.3 Å². The summed E-state index contributed by atoms with van der Waals surface area (Å²) in [7, 11) is -1.63. The number of anilines is 3. The van der Waals surface area contributed by atoms with Gasteiger partial charge in [-0.2, -0.15) is 5.10 Å². The van der Waals surface area contributed by atoms with Crippen molar-refractivity contribution < 1.29 is 22.5 Å². The highest BCUT2D eigenvalue weighted by Crippen LogP contribution is 2.54. The third kappa shape index (κ3) is 8.80. The van der Waals surface area contributed by atoms with Crippen LogP contribution in [0.5, 0.6) is 0 Å². The molecule has 3 fully saturated rings. The van der Waals surface area contributed by atoms with E-state index in [1.165, 1.54) is 12.8 Å². The first kappa shape index (κ1) is 35.2. The fourth-order valence-electron chi connectivity index (χ4n) is 5.71. The zero-order chi connectivity index (χ0) is 33.3. The van der Waals surface area contributed by atoms with Gasteiger partial charge < -0.3 is 19.3 Å². The van der Waals surface area contributed by atoms with Gasteiger partial charge in [-0.3, -0.25) is 9.89 Å². The van der Waals surface area contributed by atoms with Gasteiger partial charge in [0, 0.05) is 56.0 Å². The van der Waals surface area contributed by atoms with Crippen LogP contribution in [-0.4, -0.2) is 74.8 Å². The molecule has 1 unspecified atom stereocenters. The summed E-state index contributed by atoms with van der Waals surface area (Å²) in [5, 5.41) is 7.51. The molecule has 1 atom stereocenters. The molecule has 3 aliphatic rings. The summed E-state index contributed by atoms with van der Waals surface area (Å²) in [6, 6.07) is 11.1. The van der Waals surface area contributed by atoms with Gasteiger partial charge in [-0.25, -0.2) is 23.0 Å². The van der Waals surface area contributed by atoms with E-state index in [0.717, 1.165) is 37.2 Å². The van der Waals surface area contributed by atoms with E-state index in [-0.39, 0.29) is 38.3 Å². The number of halogens is 2. The quantitative estimate of drug-likeness (QED) is 0.240. The van der Waals surface area contributed by atoms with E-state index < -0.39 is 22.9 Å². The van der Waals surface area contributed by atoms with Crippen molar-refractivity contribution in [1.82, 2.24) is 20.2 Å². The second-order valence-electron chi connectivity index (χ2n) is 11.3. The van der Waals surface area contributed by atoms with Crippen molar-refractivity contribution in [3.63, 3.8) is 0 Å². The Morgan fingerprint density at radius 2 is 1.63 bits per heavy atom. The van der Waals surface area contributed by atoms with Gasteiger partial charge >= 0.3 is 5.97 Å². The molecule has 0 amide bonds. The third-order valence-electron chi connectivity index (χ3n) is 8.43. The number of pyridine rings is 1. The number of nitrogens with zero attached hydrogens (tertiary/aromatic N) is 5. The van der Waals surface area contributed by atoms with E-state index in [2.05, 4.69) is 19.8 Å². The van der Waals surface area contributed by atoms with Crippen molar-refractivity contribution in [2.45, 2.75) is 79.1 Å². The van der Waals surface area contributed by atoms with Gasteiger partial charge in [0.15, 0.2) is 11.6 Å². The highest BCUT2D eigenvalue weighted by Gasteiger charge is 2.44. The molecule has 2 saturated heterocycles. The average molecular weight is 660 g/mol. The summed E-state index contributed by atoms with van der Waals surface area (Å²) in [5.41, 5.74) is 3.43. The van der Waals surface area contributed by atoms with Crippen LogP contribution < -0.4 is 14.5 Å². The number of rotatable bonds is 9. The number of benzene rings is 1. The van der Waals surface area contributed by atoms with E-state index in [4.69, 9.17) is 14.7 Å². The number of esters is 1. The number of aromatic amines is 1. The second kappa shape index (κ2) is 15.8. The van der Waals surface area contributed by atoms with Crippen LogP contribution in [0.15, 0.2) is 36.4 Å². The summed E-state index contributed by atoms with van der Waals surface area (Å²) in [5.74, 6) is -1.78. The predicted octanol–water partition coefficient (Wildman–Crippen LogP) is 6.84. The number of H-pyrrole nitrogens is 1. The van der Waals surface area contributed by atoms with Gasteiger partial charge in [0.25, 0.3) is 5.92 Å². The maximum Gasteiger partial charge on any atom is 0.320 e. The van der Waals surface area contributed by atoms with Gasteiger partial charge in [-0.15, -0.1) is 0 Å². The number of carbonyl (C=O) groups excluding carboxylic acids is 1. The first-order valence-corrected chi connectivity index (χ1v) is 17.8. The van der Waals surface area contributed by atoms with Crippen molar-refractivity contribution in [3.8, 4) is 22.9 Å². The van der Waals surface area contributed by atoms with Crippen LogP contribution in [0.4, 0.5) is 26.0 Å². The summed E-state index contributed by atoms with van der Waals surface area (Å²) < 4.78 is 47.8. The standard InChI is InChI=1S/C29H35F2N7O3S.2C2H6/c1-2-41-25(39)19-42(40)36-20-6-7-21(23(18-20)37-14-10-28(8-9-28)11-15-37)26-33-27(35-34-26)22-4-3-5-24(32-22)38-16-12-29(30,31)13-17-38;2*1-2/h3-7,18,36H,2,8-17,19H2,1H3,(H,33,34,35);2*1-2H3. The average Bonchev–Trinajstić information content (AvgIpc) is 3.63. The summed E-state index contributed by atoms with van der Waals surface area (Å²) in [6.07, 6.45) is 4.45. The Morgan fingerprint density at radius 1 is 0.957 bits per heavy atom. The first-order valence-electron chi connectivity index (χ1n) is 16.5. The van der Waals surface area contributed by atoms with Gasteiger partial charge in [-0.1, -0.05) is 33.8 Å². The van der Waals surface area contributed by atoms with Crippen molar-refractivity contribution in [2.24, 2.45) is 5.41 Å². The van der Waals surface area contributed by atoms with Crippen LogP contribution in [0, 0.1) is 5.41 Å². The Balaban J connectivity index is 0.00000116. The fourth-order valence-corrected chi connectivity index (χ4v) is 6.47. The maximum atomic E-state index is 13.7. The summed E-state index contributed by atoms with van der Waals surface area (Å²) in [4.78, 5) is 25.5. The van der Waals surface area contributed by atoms with E-state index in [1.54, 1.807) is 13.0 Å². The number of nitrogens with one attached hydrogen (secondary N) is 2. The molecule has 1 saturated carbocycles. The zero-order valence-electron chi connectivity index (χ0n) is 27.6. The van der Waals surface area contributed by atoms with E-state index in [0.29, 0.717) is 34.3 Å². The van der Waals surface area contributed by atoms with Crippen molar-refractivity contribution in [1.29, 1.82) is 0 Å². The number of carbonyl (C=O) groups is 1. The van der Waals surface area contributed by atoms with E-state index in [1.807, 2.05) is 62.9 Å². The SMILES string of the molecule is CC.CC.CCOC(=O)CS(=O)Nc1ccc(-c2n[nH]c(-c3cccc(N4CCC(F)(F)CC4)n3)n2)c(N2CCC3(CC2)CC3)c1. The normalized spacial score (nSPS) is 18.4. The summed E-state index contributed by atoms with van der Waals surface area (Å²) in [6.45, 7) is 12.2. The lowest BCUT2D eigenvalue weighted by molar-refractivity contribution is -0.139. The Bertz CT molecular complexity index is 1460.